The number of rotatable bonds is 6. The Hall–Kier alpha value is -3.54. The number of benzene rings is 2. The van der Waals surface area contributed by atoms with Gasteiger partial charge in [0, 0.05) is 37.4 Å². The topological polar surface area (TPSA) is 66.5 Å². The summed E-state index contributed by atoms with van der Waals surface area (Å²) in [6.45, 7) is 0. The molecule has 0 saturated heterocycles. The van der Waals surface area contributed by atoms with Crippen molar-refractivity contribution in [1.29, 1.82) is 0 Å². The number of amides is 1. The van der Waals surface area contributed by atoms with Gasteiger partial charge in [0.15, 0.2) is 0 Å². The lowest BCUT2D eigenvalue weighted by Gasteiger charge is -2.13. The van der Waals surface area contributed by atoms with E-state index >= 15 is 0 Å². The number of methoxy groups -OCH3 is 1. The van der Waals surface area contributed by atoms with Crippen molar-refractivity contribution in [3.05, 3.63) is 72.6 Å². The molecule has 0 aliphatic carbocycles. The van der Waals surface area contributed by atoms with Gasteiger partial charge in [-0.3, -0.25) is 9.78 Å². The molecular weight excluding hydrogens is 340 g/mol. The second kappa shape index (κ2) is 8.23. The Balaban J connectivity index is 1.69. The van der Waals surface area contributed by atoms with Crippen LogP contribution in [0.2, 0.25) is 0 Å². The fraction of sp³-hybridized carbons (Fsp3) is 0.143. The number of pyridine rings is 1. The van der Waals surface area contributed by atoms with Gasteiger partial charge in [0.05, 0.1) is 24.6 Å². The van der Waals surface area contributed by atoms with Crippen molar-refractivity contribution in [2.75, 3.05) is 36.7 Å². The Kier molecular flexibility index (Phi) is 5.56. The zero-order valence-electron chi connectivity index (χ0n) is 15.6. The maximum Gasteiger partial charge on any atom is 0.257 e. The van der Waals surface area contributed by atoms with Gasteiger partial charge < -0.3 is 20.3 Å². The summed E-state index contributed by atoms with van der Waals surface area (Å²) in [6, 6.07) is 17.0. The van der Waals surface area contributed by atoms with E-state index in [1.807, 2.05) is 43.3 Å². The summed E-state index contributed by atoms with van der Waals surface area (Å²) in [5.74, 6) is 0.514. The summed E-state index contributed by atoms with van der Waals surface area (Å²) >= 11 is 0. The Bertz CT molecular complexity index is 906. The minimum atomic E-state index is -0.223. The highest BCUT2D eigenvalue weighted by molar-refractivity contribution is 6.04. The maximum atomic E-state index is 12.5. The van der Waals surface area contributed by atoms with Crippen molar-refractivity contribution in [1.82, 2.24) is 4.98 Å². The minimum Gasteiger partial charge on any atom is -0.497 e. The predicted octanol–water partition coefficient (Wildman–Crippen LogP) is 4.15. The van der Waals surface area contributed by atoms with Crippen molar-refractivity contribution in [2.45, 2.75) is 0 Å². The molecule has 3 aromatic rings. The van der Waals surface area contributed by atoms with Crippen LogP contribution in [0.4, 0.5) is 22.7 Å². The first-order valence-electron chi connectivity index (χ1n) is 8.50. The van der Waals surface area contributed by atoms with Crippen LogP contribution >= 0.6 is 0 Å². The molecule has 2 aromatic carbocycles. The lowest BCUT2D eigenvalue weighted by Crippen LogP contribution is -2.12. The molecule has 3 rings (SSSR count). The van der Waals surface area contributed by atoms with Gasteiger partial charge in [-0.2, -0.15) is 0 Å². The molecule has 0 aliphatic rings. The fourth-order valence-corrected chi connectivity index (χ4v) is 2.52. The standard InChI is InChI=1S/C21H22N4O2/c1-25(2)19-8-4-16(5-9-19)23-18-12-15(13-22-14-18)21(26)24-17-6-10-20(27-3)11-7-17/h4-14,23H,1-3H3,(H,24,26). The van der Waals surface area contributed by atoms with E-state index in [-0.39, 0.29) is 5.91 Å². The van der Waals surface area contributed by atoms with Crippen molar-refractivity contribution < 1.29 is 9.53 Å². The van der Waals surface area contributed by atoms with E-state index in [2.05, 4.69) is 15.6 Å². The SMILES string of the molecule is COc1ccc(NC(=O)c2cncc(Nc3ccc(N(C)C)cc3)c2)cc1. The summed E-state index contributed by atoms with van der Waals surface area (Å²) in [5, 5.41) is 6.12. The average molecular weight is 362 g/mol. The van der Waals surface area contributed by atoms with E-state index in [1.165, 1.54) is 0 Å². The molecule has 0 aliphatic heterocycles. The second-order valence-electron chi connectivity index (χ2n) is 6.21. The molecule has 1 heterocycles. The van der Waals surface area contributed by atoms with Gasteiger partial charge in [-0.05, 0) is 54.6 Å². The molecular formula is C21H22N4O2. The van der Waals surface area contributed by atoms with E-state index in [1.54, 1.807) is 49.8 Å². The zero-order chi connectivity index (χ0) is 19.2. The molecule has 0 unspecified atom stereocenters. The van der Waals surface area contributed by atoms with Gasteiger partial charge >= 0.3 is 0 Å². The summed E-state index contributed by atoms with van der Waals surface area (Å²) in [6.07, 6.45) is 3.23. The molecule has 1 aromatic heterocycles. The molecule has 0 spiro atoms. The van der Waals surface area contributed by atoms with E-state index in [0.717, 1.165) is 22.8 Å². The number of nitrogens with zero attached hydrogens (tertiary/aromatic N) is 2. The van der Waals surface area contributed by atoms with Crippen LogP contribution in [0.1, 0.15) is 10.4 Å². The largest absolute Gasteiger partial charge is 0.497 e. The van der Waals surface area contributed by atoms with E-state index in [0.29, 0.717) is 11.3 Å². The number of ether oxygens (including phenoxy) is 1. The number of carbonyl (C=O) groups is 1. The molecule has 0 bridgehead atoms. The van der Waals surface area contributed by atoms with Crippen LogP contribution in [-0.2, 0) is 0 Å². The molecule has 1 amide bonds. The van der Waals surface area contributed by atoms with Gasteiger partial charge in [0.2, 0.25) is 0 Å². The number of anilines is 4. The van der Waals surface area contributed by atoms with Crippen molar-refractivity contribution in [3.8, 4) is 5.75 Å². The Labute approximate surface area is 158 Å². The number of hydrogen-bond donors (Lipinski definition) is 2. The minimum absolute atomic E-state index is 0.223. The van der Waals surface area contributed by atoms with Gasteiger partial charge in [0.25, 0.3) is 5.91 Å². The van der Waals surface area contributed by atoms with Crippen LogP contribution in [-0.4, -0.2) is 32.1 Å². The quantitative estimate of drug-likeness (QED) is 0.689. The van der Waals surface area contributed by atoms with Gasteiger partial charge in [0.1, 0.15) is 5.75 Å². The molecule has 6 heteroatoms. The highest BCUT2D eigenvalue weighted by Gasteiger charge is 2.08. The van der Waals surface area contributed by atoms with Crippen molar-refractivity contribution >= 4 is 28.7 Å². The zero-order valence-corrected chi connectivity index (χ0v) is 15.6. The first-order chi connectivity index (χ1) is 13.0. The Morgan fingerprint density at radius 3 is 2.22 bits per heavy atom. The van der Waals surface area contributed by atoms with E-state index < -0.39 is 0 Å². The monoisotopic (exact) mass is 362 g/mol. The molecule has 138 valence electrons. The van der Waals surface area contributed by atoms with Crippen LogP contribution in [0.25, 0.3) is 0 Å². The summed E-state index contributed by atoms with van der Waals surface area (Å²) in [4.78, 5) is 18.7. The summed E-state index contributed by atoms with van der Waals surface area (Å²) in [5.41, 5.74) is 3.95. The molecule has 6 nitrogen and oxygen atoms in total. The molecule has 0 saturated carbocycles. The molecule has 2 N–H and O–H groups in total. The van der Waals surface area contributed by atoms with Crippen LogP contribution in [0.15, 0.2) is 67.0 Å². The van der Waals surface area contributed by atoms with Crippen LogP contribution < -0.4 is 20.3 Å². The first-order valence-corrected chi connectivity index (χ1v) is 8.50. The maximum absolute atomic E-state index is 12.5. The normalized spacial score (nSPS) is 10.2. The molecule has 0 atom stereocenters. The third-order valence-corrected chi connectivity index (χ3v) is 4.02. The Morgan fingerprint density at radius 2 is 1.59 bits per heavy atom. The van der Waals surface area contributed by atoms with E-state index in [9.17, 15) is 4.79 Å². The van der Waals surface area contributed by atoms with Crippen molar-refractivity contribution in [2.24, 2.45) is 0 Å². The summed E-state index contributed by atoms with van der Waals surface area (Å²) in [7, 11) is 5.60. The average Bonchev–Trinajstić information content (AvgIpc) is 2.69. The summed E-state index contributed by atoms with van der Waals surface area (Å²) < 4.78 is 5.12. The number of hydrogen-bond acceptors (Lipinski definition) is 5. The third-order valence-electron chi connectivity index (χ3n) is 4.02. The first kappa shape index (κ1) is 18.3. The van der Waals surface area contributed by atoms with Crippen LogP contribution in [0.3, 0.4) is 0 Å². The highest BCUT2D eigenvalue weighted by atomic mass is 16.5. The van der Waals surface area contributed by atoms with E-state index in [4.69, 9.17) is 4.74 Å². The lowest BCUT2D eigenvalue weighted by atomic mass is 10.2. The van der Waals surface area contributed by atoms with Gasteiger partial charge in [-0.25, -0.2) is 0 Å². The second-order valence-corrected chi connectivity index (χ2v) is 6.21. The number of nitrogens with one attached hydrogen (secondary N) is 2. The van der Waals surface area contributed by atoms with Gasteiger partial charge in [-0.1, -0.05) is 0 Å². The smallest absolute Gasteiger partial charge is 0.257 e. The molecule has 27 heavy (non-hydrogen) atoms. The van der Waals surface area contributed by atoms with Gasteiger partial charge in [-0.15, -0.1) is 0 Å². The number of carbonyl (C=O) groups excluding carboxylic acids is 1. The highest BCUT2D eigenvalue weighted by Crippen LogP contribution is 2.21. The lowest BCUT2D eigenvalue weighted by molar-refractivity contribution is 0.102. The Morgan fingerprint density at radius 1 is 0.926 bits per heavy atom. The van der Waals surface area contributed by atoms with Crippen LogP contribution in [0, 0.1) is 0 Å². The predicted molar refractivity (Wildman–Crippen MR) is 109 cm³/mol. The number of aromatic nitrogens is 1. The fourth-order valence-electron chi connectivity index (χ4n) is 2.52. The van der Waals surface area contributed by atoms with Crippen LogP contribution in [0.5, 0.6) is 5.75 Å². The molecule has 0 radical (unpaired) electrons. The van der Waals surface area contributed by atoms with Crippen molar-refractivity contribution in [3.63, 3.8) is 0 Å². The third kappa shape index (κ3) is 4.76. The molecule has 0 fully saturated rings.